The van der Waals surface area contributed by atoms with Crippen molar-refractivity contribution in [3.63, 3.8) is 0 Å². The summed E-state index contributed by atoms with van der Waals surface area (Å²) in [5, 5.41) is 0. The van der Waals surface area contributed by atoms with Crippen LogP contribution in [0.4, 0.5) is 36.4 Å². The van der Waals surface area contributed by atoms with Gasteiger partial charge in [0.1, 0.15) is 5.67 Å². The van der Waals surface area contributed by atoms with E-state index in [1.165, 1.54) is 6.07 Å². The van der Waals surface area contributed by atoms with Crippen molar-refractivity contribution in [1.29, 1.82) is 0 Å². The summed E-state index contributed by atoms with van der Waals surface area (Å²) in [5.41, 5.74) is -0.925. The lowest BCUT2D eigenvalue weighted by Gasteiger charge is -2.65. The molecule has 3 aromatic rings. The number of halogens is 7. The molecule has 3 atom stereocenters. The van der Waals surface area contributed by atoms with Crippen molar-refractivity contribution in [2.45, 2.75) is 81.2 Å². The maximum atomic E-state index is 14.5. The average molecular weight is 633 g/mol. The number of aromatic nitrogens is 3. The number of carbonyl (C=O) groups is 1. The topological polar surface area (TPSA) is 59.0 Å². The zero-order valence-corrected chi connectivity index (χ0v) is 24.3. The molecule has 0 saturated heterocycles. The normalized spacial score (nSPS) is 30.6. The molecule has 1 amide bonds. The molecule has 0 N–H and O–H groups in total. The van der Waals surface area contributed by atoms with Crippen molar-refractivity contribution < 1.29 is 35.5 Å². The molecule has 1 aromatic carbocycles. The van der Waals surface area contributed by atoms with Crippen molar-refractivity contribution >= 4 is 11.6 Å². The van der Waals surface area contributed by atoms with E-state index in [1.807, 2.05) is 0 Å². The number of hydrogen-bond donors (Lipinski definition) is 0. The molecule has 5 aliphatic rings. The van der Waals surface area contributed by atoms with E-state index in [4.69, 9.17) is 0 Å². The summed E-state index contributed by atoms with van der Waals surface area (Å²) in [6.07, 6.45) is -0.501. The highest BCUT2D eigenvalue weighted by Gasteiger charge is 2.73. The lowest BCUT2D eigenvalue weighted by atomic mass is 9.42. The number of rotatable bonds is 6. The fourth-order valence-corrected chi connectivity index (χ4v) is 8.41. The highest BCUT2D eigenvalue weighted by molar-refractivity contribution is 6.00. The molecule has 0 radical (unpaired) electrons. The SMILES string of the molecule is O=C(N(CC1CCC2(c3ccc(C(F)(F)F)cn3)CCCC1C2)c1cccc(-c2cnc(C(F)(F)F)nc2)c1)C12CC(F)(C1)C2. The van der Waals surface area contributed by atoms with Crippen LogP contribution in [0.25, 0.3) is 11.1 Å². The molecule has 2 aromatic heterocycles. The Hall–Kier alpha value is -3.57. The first-order chi connectivity index (χ1) is 21.2. The van der Waals surface area contributed by atoms with Crippen molar-refractivity contribution in [2.75, 3.05) is 11.4 Å². The summed E-state index contributed by atoms with van der Waals surface area (Å²) in [6, 6.07) is 9.56. The fraction of sp³-hybridized carbons (Fsp3) is 0.515. The third-order valence-corrected chi connectivity index (χ3v) is 10.7. The third-order valence-electron chi connectivity index (χ3n) is 10.7. The van der Waals surface area contributed by atoms with E-state index in [-0.39, 0.29) is 42.4 Å². The largest absolute Gasteiger partial charge is 0.451 e. The number of alkyl halides is 7. The molecule has 3 unspecified atom stereocenters. The maximum Gasteiger partial charge on any atom is 0.451 e. The summed E-state index contributed by atoms with van der Waals surface area (Å²) in [7, 11) is 0. The minimum Gasteiger partial charge on any atom is -0.312 e. The van der Waals surface area contributed by atoms with Crippen molar-refractivity contribution in [1.82, 2.24) is 15.0 Å². The van der Waals surface area contributed by atoms with E-state index in [1.54, 1.807) is 29.2 Å². The quantitative estimate of drug-likeness (QED) is 0.257. The van der Waals surface area contributed by atoms with Crippen molar-refractivity contribution in [3.05, 3.63) is 72.1 Å². The molecular formula is C33H31F7N4O. The molecule has 5 aliphatic carbocycles. The number of anilines is 1. The van der Waals surface area contributed by atoms with Gasteiger partial charge in [0.25, 0.3) is 0 Å². The third kappa shape index (κ3) is 5.27. The van der Waals surface area contributed by atoms with E-state index in [0.717, 1.165) is 63.2 Å². The lowest BCUT2D eigenvalue weighted by molar-refractivity contribution is -0.211. The molecule has 8 rings (SSSR count). The Kier molecular flexibility index (Phi) is 6.84. The van der Waals surface area contributed by atoms with Gasteiger partial charge in [0, 0.05) is 47.5 Å². The van der Waals surface area contributed by atoms with Crippen LogP contribution >= 0.6 is 0 Å². The van der Waals surface area contributed by atoms with Gasteiger partial charge in [-0.05, 0) is 86.6 Å². The highest BCUT2D eigenvalue weighted by atomic mass is 19.4. The Morgan fingerprint density at radius 1 is 0.867 bits per heavy atom. The van der Waals surface area contributed by atoms with Gasteiger partial charge in [-0.15, -0.1) is 0 Å². The standard InChI is InChI=1S/C33H31F7N4O/c34-31-17-30(18-31,19-31)28(45)44(25-5-1-3-20(11-25)23-13-42-27(43-14-23)33(38,39)40)16-22-8-10-29(9-2-4-21(22)12-29)26-7-6-24(15-41-26)32(35,36)37/h1,3,5-7,11,13-15,21-22H,2,4,8-10,12,16-19H2. The predicted octanol–water partition coefficient (Wildman–Crippen LogP) is 8.34. The van der Waals surface area contributed by atoms with Gasteiger partial charge in [-0.25, -0.2) is 14.4 Å². The minimum absolute atomic E-state index is 0.113. The first-order valence-electron chi connectivity index (χ1n) is 15.2. The molecule has 238 valence electrons. The van der Waals surface area contributed by atoms with Gasteiger partial charge >= 0.3 is 12.4 Å². The van der Waals surface area contributed by atoms with Gasteiger partial charge in [-0.3, -0.25) is 9.78 Å². The van der Waals surface area contributed by atoms with Crippen LogP contribution in [0.15, 0.2) is 55.0 Å². The number of carbonyl (C=O) groups excluding carboxylic acids is 1. The van der Waals surface area contributed by atoms with Crippen LogP contribution in [0.3, 0.4) is 0 Å². The Balaban J connectivity index is 1.15. The summed E-state index contributed by atoms with van der Waals surface area (Å²) in [5.74, 6) is -1.05. The van der Waals surface area contributed by atoms with Gasteiger partial charge in [-0.1, -0.05) is 25.0 Å². The van der Waals surface area contributed by atoms with Crippen LogP contribution in [0, 0.1) is 17.3 Å². The van der Waals surface area contributed by atoms with Gasteiger partial charge < -0.3 is 4.90 Å². The number of hydrogen-bond acceptors (Lipinski definition) is 4. The predicted molar refractivity (Wildman–Crippen MR) is 151 cm³/mol. The minimum atomic E-state index is -4.67. The lowest BCUT2D eigenvalue weighted by Crippen LogP contribution is -2.70. The Bertz CT molecular complexity index is 1590. The molecule has 0 spiro atoms. The molecule has 4 bridgehead atoms. The van der Waals surface area contributed by atoms with E-state index in [0.29, 0.717) is 29.1 Å². The van der Waals surface area contributed by atoms with Gasteiger partial charge in [0.2, 0.25) is 11.7 Å². The summed E-state index contributed by atoms with van der Waals surface area (Å²) in [6.45, 7) is 0.397. The number of amides is 1. The van der Waals surface area contributed by atoms with E-state index in [9.17, 15) is 35.5 Å². The number of nitrogens with zero attached hydrogens (tertiary/aromatic N) is 4. The number of benzene rings is 1. The van der Waals surface area contributed by atoms with Crippen molar-refractivity contribution in [2.24, 2.45) is 17.3 Å². The summed E-state index contributed by atoms with van der Waals surface area (Å²) < 4.78 is 93.1. The molecule has 0 aliphatic heterocycles. The first-order valence-corrected chi connectivity index (χ1v) is 15.2. The zero-order chi connectivity index (χ0) is 31.8. The smallest absolute Gasteiger partial charge is 0.312 e. The maximum absolute atomic E-state index is 14.5. The van der Waals surface area contributed by atoms with Gasteiger partial charge in [0.15, 0.2) is 0 Å². The molecule has 5 fully saturated rings. The second-order valence-corrected chi connectivity index (χ2v) is 13.6. The van der Waals surface area contributed by atoms with Gasteiger partial charge in [0.05, 0.1) is 11.0 Å². The molecule has 5 nitrogen and oxygen atoms in total. The Labute approximate surface area is 255 Å². The molecule has 12 heteroatoms. The van der Waals surface area contributed by atoms with Crippen LogP contribution in [-0.2, 0) is 22.6 Å². The number of pyridine rings is 1. The fourth-order valence-electron chi connectivity index (χ4n) is 8.41. The second-order valence-electron chi connectivity index (χ2n) is 13.6. The number of fused-ring (bicyclic) bond motifs is 2. The Morgan fingerprint density at radius 3 is 2.22 bits per heavy atom. The van der Waals surface area contributed by atoms with E-state index < -0.39 is 34.8 Å². The molecule has 5 saturated carbocycles. The van der Waals surface area contributed by atoms with Gasteiger partial charge in [-0.2, -0.15) is 26.3 Å². The van der Waals surface area contributed by atoms with Crippen LogP contribution < -0.4 is 4.90 Å². The molecule has 45 heavy (non-hydrogen) atoms. The van der Waals surface area contributed by atoms with Crippen LogP contribution in [0.2, 0.25) is 0 Å². The average Bonchev–Trinajstić information content (AvgIpc) is 2.98. The molecular weight excluding hydrogens is 601 g/mol. The van der Waals surface area contributed by atoms with Crippen LogP contribution in [-0.4, -0.2) is 33.1 Å². The Morgan fingerprint density at radius 2 is 1.60 bits per heavy atom. The highest BCUT2D eigenvalue weighted by Crippen LogP contribution is 2.70. The zero-order valence-electron chi connectivity index (χ0n) is 24.3. The summed E-state index contributed by atoms with van der Waals surface area (Å²) >= 11 is 0. The van der Waals surface area contributed by atoms with Crippen molar-refractivity contribution in [3.8, 4) is 11.1 Å². The summed E-state index contributed by atoms with van der Waals surface area (Å²) in [4.78, 5) is 27.0. The van der Waals surface area contributed by atoms with Crippen LogP contribution in [0.1, 0.15) is 74.9 Å². The van der Waals surface area contributed by atoms with E-state index in [2.05, 4.69) is 15.0 Å². The second kappa shape index (κ2) is 10.2. The molecule has 2 heterocycles. The monoisotopic (exact) mass is 632 g/mol. The van der Waals surface area contributed by atoms with Crippen LogP contribution in [0.5, 0.6) is 0 Å². The first kappa shape index (κ1) is 30.1. The van der Waals surface area contributed by atoms with E-state index >= 15 is 0 Å².